The minimum Gasteiger partial charge on any atom is -0.455 e. The molecule has 0 saturated heterocycles. The van der Waals surface area contributed by atoms with Gasteiger partial charge in [-0.15, -0.1) is 0 Å². The first-order valence-electron chi connectivity index (χ1n) is 5.98. The van der Waals surface area contributed by atoms with Crippen LogP contribution >= 0.6 is 11.8 Å². The highest BCUT2D eigenvalue weighted by atomic mass is 32.2. The van der Waals surface area contributed by atoms with E-state index in [-0.39, 0.29) is 11.5 Å². The molecule has 0 aliphatic carbocycles. The van der Waals surface area contributed by atoms with Gasteiger partial charge in [0, 0.05) is 6.54 Å². The van der Waals surface area contributed by atoms with E-state index in [4.69, 9.17) is 9.15 Å². The number of ether oxygens (including phenoxy) is 1. The number of halogens is 2. The van der Waals surface area contributed by atoms with Crippen LogP contribution in [-0.4, -0.2) is 31.4 Å². The van der Waals surface area contributed by atoms with Gasteiger partial charge in [0.05, 0.1) is 19.0 Å². The average molecular weight is 305 g/mol. The number of carbonyl (C=O) groups is 1. The lowest BCUT2D eigenvalue weighted by Crippen LogP contribution is -2.27. The molecule has 1 heterocycles. The zero-order valence-electron chi connectivity index (χ0n) is 11.2. The summed E-state index contributed by atoms with van der Waals surface area (Å²) in [5.74, 6) is -2.36. The molecule has 0 atom stereocenters. The number of furan rings is 1. The van der Waals surface area contributed by atoms with Crippen molar-refractivity contribution >= 4 is 17.7 Å². The van der Waals surface area contributed by atoms with Crippen LogP contribution in [-0.2, 0) is 10.5 Å². The SMILES string of the molecule is C=C(C)COCCNC(=O)c1ccc(CSC(F)F)o1. The van der Waals surface area contributed by atoms with Crippen LogP contribution < -0.4 is 5.32 Å². The molecular weight excluding hydrogens is 288 g/mol. The summed E-state index contributed by atoms with van der Waals surface area (Å²) < 4.78 is 34.4. The summed E-state index contributed by atoms with van der Waals surface area (Å²) in [6.45, 7) is 6.69. The Bertz CT molecular complexity index is 449. The van der Waals surface area contributed by atoms with Crippen molar-refractivity contribution in [3.05, 3.63) is 35.8 Å². The fourth-order valence-corrected chi connectivity index (χ4v) is 1.74. The van der Waals surface area contributed by atoms with E-state index < -0.39 is 11.7 Å². The van der Waals surface area contributed by atoms with Gasteiger partial charge in [-0.3, -0.25) is 4.79 Å². The summed E-state index contributed by atoms with van der Waals surface area (Å²) in [6, 6.07) is 2.98. The monoisotopic (exact) mass is 305 g/mol. The number of alkyl halides is 2. The predicted molar refractivity (Wildman–Crippen MR) is 74.0 cm³/mol. The molecule has 7 heteroatoms. The normalized spacial score (nSPS) is 10.8. The van der Waals surface area contributed by atoms with Crippen molar-refractivity contribution < 1.29 is 22.7 Å². The van der Waals surface area contributed by atoms with Gasteiger partial charge in [-0.2, -0.15) is 8.78 Å². The van der Waals surface area contributed by atoms with E-state index in [1.165, 1.54) is 12.1 Å². The van der Waals surface area contributed by atoms with Gasteiger partial charge in [-0.1, -0.05) is 23.9 Å². The van der Waals surface area contributed by atoms with Gasteiger partial charge in [0.15, 0.2) is 5.76 Å². The second-order valence-electron chi connectivity index (χ2n) is 4.10. The van der Waals surface area contributed by atoms with Gasteiger partial charge in [0.1, 0.15) is 5.76 Å². The molecule has 1 rings (SSSR count). The average Bonchev–Trinajstić information content (AvgIpc) is 2.84. The minimum atomic E-state index is -2.46. The molecule has 0 aliphatic heterocycles. The zero-order valence-corrected chi connectivity index (χ0v) is 12.0. The summed E-state index contributed by atoms with van der Waals surface area (Å²) in [6.07, 6.45) is 0. The fraction of sp³-hybridized carbons (Fsp3) is 0.462. The van der Waals surface area contributed by atoms with Crippen molar-refractivity contribution in [1.29, 1.82) is 0 Å². The van der Waals surface area contributed by atoms with Crippen molar-refractivity contribution in [3.63, 3.8) is 0 Å². The molecule has 112 valence electrons. The molecule has 1 aromatic heterocycles. The molecule has 1 aromatic rings. The number of amides is 1. The van der Waals surface area contributed by atoms with Gasteiger partial charge in [-0.25, -0.2) is 0 Å². The van der Waals surface area contributed by atoms with E-state index >= 15 is 0 Å². The fourth-order valence-electron chi connectivity index (χ4n) is 1.29. The quantitative estimate of drug-likeness (QED) is 0.563. The van der Waals surface area contributed by atoms with Gasteiger partial charge in [-0.05, 0) is 19.1 Å². The maximum atomic E-state index is 12.0. The van der Waals surface area contributed by atoms with Crippen LogP contribution in [0.4, 0.5) is 8.78 Å². The van der Waals surface area contributed by atoms with E-state index in [0.717, 1.165) is 5.57 Å². The first kappa shape index (κ1) is 16.7. The first-order chi connectivity index (χ1) is 9.49. The third kappa shape index (κ3) is 6.72. The smallest absolute Gasteiger partial charge is 0.287 e. The zero-order chi connectivity index (χ0) is 15.0. The highest BCUT2D eigenvalue weighted by molar-refractivity contribution is 7.98. The number of nitrogens with one attached hydrogen (secondary N) is 1. The van der Waals surface area contributed by atoms with Crippen LogP contribution in [0.15, 0.2) is 28.7 Å². The lowest BCUT2D eigenvalue weighted by Gasteiger charge is -2.04. The number of rotatable bonds is 9. The molecule has 0 saturated carbocycles. The molecule has 1 amide bonds. The molecular formula is C13H17F2NO3S. The Morgan fingerprint density at radius 3 is 2.95 bits per heavy atom. The van der Waals surface area contributed by atoms with Gasteiger partial charge >= 0.3 is 0 Å². The van der Waals surface area contributed by atoms with Crippen molar-refractivity contribution in [1.82, 2.24) is 5.32 Å². The first-order valence-corrected chi connectivity index (χ1v) is 7.02. The van der Waals surface area contributed by atoms with Crippen LogP contribution in [0.25, 0.3) is 0 Å². The standard InChI is InChI=1S/C13H17F2NO3S/c1-9(2)7-18-6-5-16-12(17)11-4-3-10(19-11)8-20-13(14)15/h3-4,13H,1,5-8H2,2H3,(H,16,17). The molecule has 4 nitrogen and oxygen atoms in total. The van der Waals surface area contributed by atoms with Gasteiger partial charge < -0.3 is 14.5 Å². The van der Waals surface area contributed by atoms with E-state index in [1.54, 1.807) is 0 Å². The second-order valence-corrected chi connectivity index (χ2v) is 5.08. The molecule has 0 unspecified atom stereocenters. The molecule has 0 aliphatic rings. The molecule has 0 bridgehead atoms. The van der Waals surface area contributed by atoms with Crippen molar-refractivity contribution in [2.24, 2.45) is 0 Å². The second kappa shape index (κ2) is 8.76. The van der Waals surface area contributed by atoms with Crippen molar-refractivity contribution in [3.8, 4) is 0 Å². The third-order valence-corrected chi connectivity index (χ3v) is 2.82. The van der Waals surface area contributed by atoms with E-state index in [0.29, 0.717) is 37.3 Å². The van der Waals surface area contributed by atoms with Crippen molar-refractivity contribution in [2.75, 3.05) is 19.8 Å². The van der Waals surface area contributed by atoms with Crippen LogP contribution in [0.1, 0.15) is 23.2 Å². The Kier molecular flexibility index (Phi) is 7.32. The Morgan fingerprint density at radius 2 is 2.30 bits per heavy atom. The Morgan fingerprint density at radius 1 is 1.55 bits per heavy atom. The molecule has 1 N–H and O–H groups in total. The predicted octanol–water partition coefficient (Wildman–Crippen LogP) is 3.06. The largest absolute Gasteiger partial charge is 0.455 e. The topological polar surface area (TPSA) is 51.5 Å². The number of carbonyl (C=O) groups excluding carboxylic acids is 1. The number of hydrogen-bond donors (Lipinski definition) is 1. The highest BCUT2D eigenvalue weighted by Gasteiger charge is 2.12. The molecule has 0 radical (unpaired) electrons. The summed E-state index contributed by atoms with van der Waals surface area (Å²) in [4.78, 5) is 11.7. The van der Waals surface area contributed by atoms with Gasteiger partial charge in [0.2, 0.25) is 0 Å². The Balaban J connectivity index is 2.27. The van der Waals surface area contributed by atoms with E-state index in [9.17, 15) is 13.6 Å². The molecule has 0 aromatic carbocycles. The summed E-state index contributed by atoms with van der Waals surface area (Å²) in [5, 5.41) is 2.61. The van der Waals surface area contributed by atoms with Crippen LogP contribution in [0.3, 0.4) is 0 Å². The Hall–Kier alpha value is -1.34. The van der Waals surface area contributed by atoms with Crippen LogP contribution in [0, 0.1) is 0 Å². The molecule has 0 fully saturated rings. The highest BCUT2D eigenvalue weighted by Crippen LogP contribution is 2.21. The molecule has 20 heavy (non-hydrogen) atoms. The number of thioether (sulfide) groups is 1. The molecule has 0 spiro atoms. The lowest BCUT2D eigenvalue weighted by molar-refractivity contribution is 0.0898. The van der Waals surface area contributed by atoms with Crippen molar-refractivity contribution in [2.45, 2.75) is 18.4 Å². The minimum absolute atomic E-state index is 0.0344. The lowest BCUT2D eigenvalue weighted by atomic mass is 10.4. The van der Waals surface area contributed by atoms with Crippen LogP contribution in [0.5, 0.6) is 0 Å². The third-order valence-electron chi connectivity index (χ3n) is 2.12. The number of hydrogen-bond acceptors (Lipinski definition) is 4. The maximum absolute atomic E-state index is 12.0. The maximum Gasteiger partial charge on any atom is 0.287 e. The van der Waals surface area contributed by atoms with E-state index in [2.05, 4.69) is 11.9 Å². The Labute approximate surface area is 120 Å². The van der Waals surface area contributed by atoms with Gasteiger partial charge in [0.25, 0.3) is 11.7 Å². The van der Waals surface area contributed by atoms with Crippen LogP contribution in [0.2, 0.25) is 0 Å². The summed E-state index contributed by atoms with van der Waals surface area (Å²) >= 11 is 0.449. The summed E-state index contributed by atoms with van der Waals surface area (Å²) in [5.41, 5.74) is 0.906. The summed E-state index contributed by atoms with van der Waals surface area (Å²) in [7, 11) is 0. The van der Waals surface area contributed by atoms with E-state index in [1.807, 2.05) is 6.92 Å².